The highest BCUT2D eigenvalue weighted by molar-refractivity contribution is 5.79. The van der Waals surface area contributed by atoms with Gasteiger partial charge in [-0.15, -0.1) is 0 Å². The Balaban J connectivity index is 1.70. The molecule has 0 bridgehead atoms. The second-order valence-electron chi connectivity index (χ2n) is 7.00. The number of methoxy groups -OCH3 is 1. The molecule has 7 nitrogen and oxygen atoms in total. The molecule has 7 heteroatoms. The first kappa shape index (κ1) is 21.2. The summed E-state index contributed by atoms with van der Waals surface area (Å²) in [6.07, 6.45) is 0. The third-order valence-electron chi connectivity index (χ3n) is 4.98. The molecule has 158 valence electrons. The number of hydrogen-bond donors (Lipinski definition) is 2. The van der Waals surface area contributed by atoms with E-state index in [4.69, 9.17) is 18.9 Å². The maximum absolute atomic E-state index is 5.95. The Labute approximate surface area is 173 Å². The average Bonchev–Trinajstić information content (AvgIpc) is 3.19. The zero-order chi connectivity index (χ0) is 20.5. The zero-order valence-electron chi connectivity index (χ0n) is 17.6. The molecule has 1 aliphatic heterocycles. The van der Waals surface area contributed by atoms with Crippen LogP contribution in [0.2, 0.25) is 0 Å². The Kier molecular flexibility index (Phi) is 7.95. The Hall–Kier alpha value is -2.51. The van der Waals surface area contributed by atoms with Crippen LogP contribution in [0.3, 0.4) is 0 Å². The Bertz CT molecular complexity index is 784. The van der Waals surface area contributed by atoms with E-state index < -0.39 is 0 Å². The summed E-state index contributed by atoms with van der Waals surface area (Å²) < 4.78 is 16.9. The van der Waals surface area contributed by atoms with Crippen molar-refractivity contribution in [2.45, 2.75) is 26.4 Å². The minimum absolute atomic E-state index is 0.128. The minimum atomic E-state index is 0.128. The number of ether oxygens (including phenoxy) is 2. The maximum atomic E-state index is 5.95. The lowest BCUT2D eigenvalue weighted by atomic mass is 10.1. The normalized spacial score (nSPS) is 16.4. The van der Waals surface area contributed by atoms with Crippen LogP contribution in [0.15, 0.2) is 45.8 Å². The van der Waals surface area contributed by atoms with Gasteiger partial charge < -0.3 is 24.5 Å². The number of hydrogen-bond acceptors (Lipinski definition) is 5. The van der Waals surface area contributed by atoms with Crippen LogP contribution in [0.5, 0.6) is 5.75 Å². The SMILES string of the molecule is CCNC(=NCc1ccccc1OC)NCC(c1ccc(C)o1)N1CCOCC1. The fraction of sp³-hybridized carbons (Fsp3) is 0.500. The van der Waals surface area contributed by atoms with Gasteiger partial charge in [-0.05, 0) is 32.0 Å². The van der Waals surface area contributed by atoms with Crippen LogP contribution in [0.1, 0.15) is 30.0 Å². The number of aryl methyl sites for hydroxylation is 1. The van der Waals surface area contributed by atoms with E-state index in [2.05, 4.69) is 28.5 Å². The topological polar surface area (TPSA) is 71.3 Å². The van der Waals surface area contributed by atoms with Crippen molar-refractivity contribution in [1.82, 2.24) is 15.5 Å². The van der Waals surface area contributed by atoms with Crippen molar-refractivity contribution in [3.8, 4) is 5.75 Å². The van der Waals surface area contributed by atoms with E-state index in [-0.39, 0.29) is 6.04 Å². The Morgan fingerprint density at radius 2 is 1.97 bits per heavy atom. The fourth-order valence-electron chi connectivity index (χ4n) is 3.46. The number of benzene rings is 1. The fourth-order valence-corrected chi connectivity index (χ4v) is 3.46. The van der Waals surface area contributed by atoms with Gasteiger partial charge in [0.15, 0.2) is 5.96 Å². The van der Waals surface area contributed by atoms with Crippen LogP contribution in [-0.2, 0) is 11.3 Å². The van der Waals surface area contributed by atoms with E-state index in [1.165, 1.54) is 0 Å². The van der Waals surface area contributed by atoms with Crippen molar-refractivity contribution < 1.29 is 13.9 Å². The monoisotopic (exact) mass is 400 g/mol. The molecule has 0 radical (unpaired) electrons. The highest BCUT2D eigenvalue weighted by atomic mass is 16.5. The molecular weight excluding hydrogens is 368 g/mol. The molecule has 1 unspecified atom stereocenters. The molecule has 1 saturated heterocycles. The van der Waals surface area contributed by atoms with Gasteiger partial charge >= 0.3 is 0 Å². The van der Waals surface area contributed by atoms with Gasteiger partial charge in [0.25, 0.3) is 0 Å². The molecular formula is C22H32N4O3. The lowest BCUT2D eigenvalue weighted by Gasteiger charge is -2.33. The van der Waals surface area contributed by atoms with Crippen molar-refractivity contribution in [1.29, 1.82) is 0 Å². The van der Waals surface area contributed by atoms with E-state index in [0.717, 1.165) is 61.6 Å². The maximum Gasteiger partial charge on any atom is 0.191 e. The first-order chi connectivity index (χ1) is 14.2. The zero-order valence-corrected chi connectivity index (χ0v) is 17.6. The first-order valence-corrected chi connectivity index (χ1v) is 10.2. The summed E-state index contributed by atoms with van der Waals surface area (Å²) in [6.45, 7) is 9.35. The summed E-state index contributed by atoms with van der Waals surface area (Å²) >= 11 is 0. The number of guanidine groups is 1. The number of aliphatic imine (C=N–C) groups is 1. The van der Waals surface area contributed by atoms with E-state index >= 15 is 0 Å². The smallest absolute Gasteiger partial charge is 0.191 e. The highest BCUT2D eigenvalue weighted by Crippen LogP contribution is 2.23. The van der Waals surface area contributed by atoms with Crippen LogP contribution in [0.4, 0.5) is 0 Å². The quantitative estimate of drug-likeness (QED) is 0.524. The summed E-state index contributed by atoms with van der Waals surface area (Å²) in [5.41, 5.74) is 1.05. The number of rotatable bonds is 8. The van der Waals surface area contributed by atoms with Crippen molar-refractivity contribution >= 4 is 5.96 Å². The molecule has 0 amide bonds. The summed E-state index contributed by atoms with van der Waals surface area (Å²) in [7, 11) is 1.68. The van der Waals surface area contributed by atoms with Gasteiger partial charge in [-0.25, -0.2) is 4.99 Å². The van der Waals surface area contributed by atoms with Crippen molar-refractivity contribution in [3.05, 3.63) is 53.5 Å². The van der Waals surface area contributed by atoms with Crippen LogP contribution < -0.4 is 15.4 Å². The van der Waals surface area contributed by atoms with E-state index in [1.807, 2.05) is 37.3 Å². The first-order valence-electron chi connectivity index (χ1n) is 10.2. The second-order valence-corrected chi connectivity index (χ2v) is 7.00. The Morgan fingerprint density at radius 3 is 2.66 bits per heavy atom. The van der Waals surface area contributed by atoms with Gasteiger partial charge in [0.2, 0.25) is 0 Å². The molecule has 1 atom stereocenters. The molecule has 29 heavy (non-hydrogen) atoms. The van der Waals surface area contributed by atoms with Gasteiger partial charge in [-0.1, -0.05) is 18.2 Å². The highest BCUT2D eigenvalue weighted by Gasteiger charge is 2.25. The van der Waals surface area contributed by atoms with Gasteiger partial charge in [0.1, 0.15) is 17.3 Å². The molecule has 0 aliphatic carbocycles. The average molecular weight is 401 g/mol. The lowest BCUT2D eigenvalue weighted by molar-refractivity contribution is 0.0124. The lowest BCUT2D eigenvalue weighted by Crippen LogP contribution is -2.46. The molecule has 3 rings (SSSR count). The van der Waals surface area contributed by atoms with Crippen molar-refractivity contribution in [3.63, 3.8) is 0 Å². The van der Waals surface area contributed by atoms with Gasteiger partial charge in [0, 0.05) is 31.7 Å². The largest absolute Gasteiger partial charge is 0.496 e. The van der Waals surface area contributed by atoms with Crippen molar-refractivity contribution in [2.75, 3.05) is 46.5 Å². The molecule has 1 aliphatic rings. The third-order valence-corrected chi connectivity index (χ3v) is 4.98. The van der Waals surface area contributed by atoms with Crippen molar-refractivity contribution in [2.24, 2.45) is 4.99 Å². The molecule has 0 spiro atoms. The molecule has 2 N–H and O–H groups in total. The predicted molar refractivity (Wildman–Crippen MR) is 114 cm³/mol. The van der Waals surface area contributed by atoms with Crippen LogP contribution in [0, 0.1) is 6.92 Å². The third kappa shape index (κ3) is 5.98. The summed E-state index contributed by atoms with van der Waals surface area (Å²) in [5.74, 6) is 3.52. The van der Waals surface area contributed by atoms with E-state index in [1.54, 1.807) is 7.11 Å². The number of para-hydroxylation sites is 1. The summed E-state index contributed by atoms with van der Waals surface area (Å²) in [6, 6.07) is 12.2. The van der Waals surface area contributed by atoms with Crippen LogP contribution in [0.25, 0.3) is 0 Å². The molecule has 2 heterocycles. The Morgan fingerprint density at radius 1 is 1.17 bits per heavy atom. The molecule has 1 fully saturated rings. The minimum Gasteiger partial charge on any atom is -0.496 e. The number of nitrogens with one attached hydrogen (secondary N) is 2. The molecule has 0 saturated carbocycles. The summed E-state index contributed by atoms with van der Waals surface area (Å²) in [4.78, 5) is 7.15. The number of nitrogens with zero attached hydrogens (tertiary/aromatic N) is 2. The van der Waals surface area contributed by atoms with E-state index in [9.17, 15) is 0 Å². The number of morpholine rings is 1. The molecule has 2 aromatic rings. The standard InChI is InChI=1S/C22H32N4O3/c1-4-23-22(24-15-18-7-5-6-8-20(18)27-3)25-16-19(21-10-9-17(2)29-21)26-11-13-28-14-12-26/h5-10,19H,4,11-16H2,1-3H3,(H2,23,24,25). The summed E-state index contributed by atoms with van der Waals surface area (Å²) in [5, 5.41) is 6.82. The number of furan rings is 1. The van der Waals surface area contributed by atoms with Gasteiger partial charge in [-0.2, -0.15) is 0 Å². The predicted octanol–water partition coefficient (Wildman–Crippen LogP) is 2.73. The van der Waals surface area contributed by atoms with Crippen LogP contribution in [-0.4, -0.2) is 57.4 Å². The van der Waals surface area contributed by atoms with Gasteiger partial charge in [-0.3, -0.25) is 4.90 Å². The van der Waals surface area contributed by atoms with Gasteiger partial charge in [0.05, 0.1) is 32.9 Å². The van der Waals surface area contributed by atoms with Crippen LogP contribution >= 0.6 is 0 Å². The molecule has 1 aromatic heterocycles. The second kappa shape index (κ2) is 10.9. The molecule has 1 aromatic carbocycles. The van der Waals surface area contributed by atoms with E-state index in [0.29, 0.717) is 13.1 Å².